The zero-order chi connectivity index (χ0) is 15.7. The average molecular weight is 287 g/mol. The summed E-state index contributed by atoms with van der Waals surface area (Å²) in [6.07, 6.45) is 0. The Kier molecular flexibility index (Phi) is 7.33. The summed E-state index contributed by atoms with van der Waals surface area (Å²) in [6, 6.07) is 14.7. The van der Waals surface area contributed by atoms with Gasteiger partial charge in [0.15, 0.2) is 0 Å². The van der Waals surface area contributed by atoms with E-state index in [-0.39, 0.29) is 0 Å². The highest BCUT2D eigenvalue weighted by Crippen LogP contribution is 2.21. The summed E-state index contributed by atoms with van der Waals surface area (Å²) in [5.41, 5.74) is 1.81. The summed E-state index contributed by atoms with van der Waals surface area (Å²) in [7, 11) is 0. The third-order valence-electron chi connectivity index (χ3n) is 3.22. The number of para-hydroxylation sites is 2. The van der Waals surface area contributed by atoms with Gasteiger partial charge in [0, 0.05) is 24.2 Å². The molecule has 2 aromatic carbocycles. The first-order chi connectivity index (χ1) is 10.2. The molecular weight excluding hydrogens is 262 g/mol. The fourth-order valence-corrected chi connectivity index (χ4v) is 2.05. The molecule has 21 heavy (non-hydrogen) atoms. The summed E-state index contributed by atoms with van der Waals surface area (Å²) in [5.74, 6) is 0.636. The van der Waals surface area contributed by atoms with Crippen LogP contribution in [0.15, 0.2) is 48.5 Å². The second-order valence-electron chi connectivity index (χ2n) is 4.56. The van der Waals surface area contributed by atoms with Gasteiger partial charge in [0.25, 0.3) is 0 Å². The number of hydrogen-bond donors (Lipinski definition) is 2. The summed E-state index contributed by atoms with van der Waals surface area (Å²) < 4.78 is 0. The van der Waals surface area contributed by atoms with E-state index in [1.807, 2.05) is 50.2 Å². The van der Waals surface area contributed by atoms with E-state index < -0.39 is 0 Å². The zero-order valence-electron chi connectivity index (χ0n) is 13.1. The number of benzene rings is 2. The van der Waals surface area contributed by atoms with E-state index >= 15 is 0 Å². The van der Waals surface area contributed by atoms with Crippen molar-refractivity contribution >= 4 is 0 Å². The Hall–Kier alpha value is -2.00. The highest BCUT2D eigenvalue weighted by molar-refractivity contribution is 5.33. The molecule has 0 saturated heterocycles. The lowest BCUT2D eigenvalue weighted by atomic mass is 10.1. The minimum Gasteiger partial charge on any atom is -0.508 e. The first-order valence-corrected chi connectivity index (χ1v) is 7.46. The van der Waals surface area contributed by atoms with Crippen molar-refractivity contribution in [2.45, 2.75) is 33.9 Å². The molecule has 0 bridgehead atoms. The van der Waals surface area contributed by atoms with E-state index in [1.54, 1.807) is 12.1 Å². The van der Waals surface area contributed by atoms with Crippen molar-refractivity contribution < 1.29 is 10.2 Å². The summed E-state index contributed by atoms with van der Waals surface area (Å²) in [6.45, 7) is 8.25. The number of phenolic OH excluding ortho intramolecular Hbond substituents is 2. The molecule has 0 heterocycles. The van der Waals surface area contributed by atoms with Gasteiger partial charge >= 0.3 is 0 Å². The van der Waals surface area contributed by atoms with Gasteiger partial charge in [0.1, 0.15) is 11.5 Å². The largest absolute Gasteiger partial charge is 0.508 e. The van der Waals surface area contributed by atoms with Crippen molar-refractivity contribution in [2.75, 3.05) is 6.54 Å². The molecule has 3 nitrogen and oxygen atoms in total. The summed E-state index contributed by atoms with van der Waals surface area (Å²) >= 11 is 0. The molecule has 0 atom stereocenters. The Bertz CT molecular complexity index is 493. The van der Waals surface area contributed by atoms with Gasteiger partial charge in [-0.2, -0.15) is 0 Å². The third kappa shape index (κ3) is 5.12. The Labute approximate surface area is 127 Å². The molecule has 2 aromatic rings. The molecule has 0 unspecified atom stereocenters. The lowest BCUT2D eigenvalue weighted by molar-refractivity contribution is 0.263. The van der Waals surface area contributed by atoms with Gasteiger partial charge in [0.2, 0.25) is 0 Å². The van der Waals surface area contributed by atoms with Crippen LogP contribution in [0.5, 0.6) is 11.5 Å². The van der Waals surface area contributed by atoms with Crippen molar-refractivity contribution in [1.29, 1.82) is 0 Å². The van der Waals surface area contributed by atoms with Crippen LogP contribution in [0, 0.1) is 0 Å². The van der Waals surface area contributed by atoms with Crippen LogP contribution >= 0.6 is 0 Å². The molecule has 114 valence electrons. The molecule has 0 spiro atoms. The predicted molar refractivity (Wildman–Crippen MR) is 87.3 cm³/mol. The molecule has 0 aliphatic carbocycles. The van der Waals surface area contributed by atoms with Crippen LogP contribution in [-0.2, 0) is 13.1 Å². The predicted octanol–water partition coefficient (Wildman–Crippen LogP) is 4.15. The van der Waals surface area contributed by atoms with E-state index in [0.29, 0.717) is 24.6 Å². The Balaban J connectivity index is 0.00000106. The zero-order valence-corrected chi connectivity index (χ0v) is 13.1. The highest BCUT2D eigenvalue weighted by atomic mass is 16.3. The van der Waals surface area contributed by atoms with Crippen molar-refractivity contribution in [3.63, 3.8) is 0 Å². The maximum Gasteiger partial charge on any atom is 0.120 e. The van der Waals surface area contributed by atoms with Crippen LogP contribution in [0.3, 0.4) is 0 Å². The van der Waals surface area contributed by atoms with Gasteiger partial charge in [-0.1, -0.05) is 57.2 Å². The second-order valence-corrected chi connectivity index (χ2v) is 4.56. The molecule has 2 rings (SSSR count). The first kappa shape index (κ1) is 17.1. The van der Waals surface area contributed by atoms with E-state index in [4.69, 9.17) is 0 Å². The van der Waals surface area contributed by atoms with Crippen LogP contribution in [0.25, 0.3) is 0 Å². The lowest BCUT2D eigenvalue weighted by Gasteiger charge is -2.21. The van der Waals surface area contributed by atoms with Crippen LogP contribution in [0.2, 0.25) is 0 Å². The minimum atomic E-state index is 0.318. The monoisotopic (exact) mass is 287 g/mol. The van der Waals surface area contributed by atoms with Gasteiger partial charge in [-0.15, -0.1) is 0 Å². The van der Waals surface area contributed by atoms with Gasteiger partial charge in [-0.3, -0.25) is 4.90 Å². The normalized spacial score (nSPS) is 10.1. The summed E-state index contributed by atoms with van der Waals surface area (Å²) in [5, 5.41) is 19.6. The minimum absolute atomic E-state index is 0.318. The van der Waals surface area contributed by atoms with Crippen molar-refractivity contribution in [3.05, 3.63) is 59.7 Å². The fraction of sp³-hybridized carbons (Fsp3) is 0.333. The van der Waals surface area contributed by atoms with Crippen molar-refractivity contribution in [1.82, 2.24) is 4.90 Å². The molecule has 0 amide bonds. The molecule has 0 aliphatic heterocycles. The Morgan fingerprint density at radius 3 is 1.48 bits per heavy atom. The molecule has 3 heteroatoms. The Morgan fingerprint density at radius 2 is 1.14 bits per heavy atom. The molecule has 0 aromatic heterocycles. The topological polar surface area (TPSA) is 43.7 Å². The van der Waals surface area contributed by atoms with E-state index in [0.717, 1.165) is 17.7 Å². The van der Waals surface area contributed by atoms with Crippen LogP contribution < -0.4 is 0 Å². The number of rotatable bonds is 5. The molecule has 2 N–H and O–H groups in total. The number of phenols is 2. The van der Waals surface area contributed by atoms with Crippen LogP contribution in [0.1, 0.15) is 31.9 Å². The van der Waals surface area contributed by atoms with Gasteiger partial charge < -0.3 is 10.2 Å². The second kappa shape index (κ2) is 9.03. The summed E-state index contributed by atoms with van der Waals surface area (Å²) in [4.78, 5) is 2.17. The van der Waals surface area contributed by atoms with Gasteiger partial charge in [0.05, 0.1) is 0 Å². The smallest absolute Gasteiger partial charge is 0.120 e. The maximum atomic E-state index is 9.80. The standard InChI is InChI=1S/C16H19NO2.C2H6/c1-2-17(11-13-7-3-5-9-15(13)18)12-14-8-4-6-10-16(14)19;1-2/h3-10,18-19H,2,11-12H2,1H3;1-2H3. The number of aromatic hydroxyl groups is 2. The van der Waals surface area contributed by atoms with Gasteiger partial charge in [-0.05, 0) is 18.7 Å². The molecule has 0 saturated carbocycles. The van der Waals surface area contributed by atoms with E-state index in [1.165, 1.54) is 0 Å². The SMILES string of the molecule is CC.CCN(Cc1ccccc1O)Cc1ccccc1O. The Morgan fingerprint density at radius 1 is 0.762 bits per heavy atom. The molecule has 0 fully saturated rings. The average Bonchev–Trinajstić information content (AvgIpc) is 2.52. The van der Waals surface area contributed by atoms with Crippen LogP contribution in [-0.4, -0.2) is 21.7 Å². The molecular formula is C18H25NO2. The van der Waals surface area contributed by atoms with Crippen molar-refractivity contribution in [2.24, 2.45) is 0 Å². The lowest BCUT2D eigenvalue weighted by Crippen LogP contribution is -2.22. The molecule has 0 aliphatic rings. The number of nitrogens with zero attached hydrogens (tertiary/aromatic N) is 1. The fourth-order valence-electron chi connectivity index (χ4n) is 2.05. The molecule has 0 radical (unpaired) electrons. The van der Waals surface area contributed by atoms with Gasteiger partial charge in [-0.25, -0.2) is 0 Å². The van der Waals surface area contributed by atoms with Crippen LogP contribution in [0.4, 0.5) is 0 Å². The maximum absolute atomic E-state index is 9.80. The quantitative estimate of drug-likeness (QED) is 0.868. The first-order valence-electron chi connectivity index (χ1n) is 7.46. The third-order valence-corrected chi connectivity index (χ3v) is 3.22. The number of hydrogen-bond acceptors (Lipinski definition) is 3. The van der Waals surface area contributed by atoms with E-state index in [2.05, 4.69) is 11.8 Å². The van der Waals surface area contributed by atoms with E-state index in [9.17, 15) is 10.2 Å². The highest BCUT2D eigenvalue weighted by Gasteiger charge is 2.09. The van der Waals surface area contributed by atoms with Crippen molar-refractivity contribution in [3.8, 4) is 11.5 Å².